The van der Waals surface area contributed by atoms with Crippen LogP contribution in [0, 0.1) is 0 Å². The highest BCUT2D eigenvalue weighted by atomic mass is 16.5. The van der Waals surface area contributed by atoms with Crippen LogP contribution >= 0.6 is 0 Å². The third kappa shape index (κ3) is 2.47. The molecule has 3 heteroatoms. The van der Waals surface area contributed by atoms with Crippen molar-refractivity contribution in [2.75, 3.05) is 39.8 Å². The van der Waals surface area contributed by atoms with E-state index in [1.54, 1.807) is 0 Å². The molecule has 82 valence electrons. The molecule has 0 radical (unpaired) electrons. The van der Waals surface area contributed by atoms with Crippen molar-refractivity contribution in [3.05, 3.63) is 0 Å². The summed E-state index contributed by atoms with van der Waals surface area (Å²) >= 11 is 0. The molecule has 0 N–H and O–H groups in total. The number of hydrogen-bond acceptors (Lipinski definition) is 3. The number of hydrogen-bond donors (Lipinski definition) is 0. The van der Waals surface area contributed by atoms with Gasteiger partial charge in [-0.2, -0.15) is 0 Å². The van der Waals surface area contributed by atoms with Gasteiger partial charge in [0, 0.05) is 19.1 Å². The van der Waals surface area contributed by atoms with Gasteiger partial charge in [0.25, 0.3) is 0 Å². The molecule has 0 bridgehead atoms. The van der Waals surface area contributed by atoms with E-state index < -0.39 is 0 Å². The normalized spacial score (nSPS) is 33.4. The Hall–Kier alpha value is -0.120. The summed E-state index contributed by atoms with van der Waals surface area (Å²) < 4.78 is 5.57. The van der Waals surface area contributed by atoms with Crippen LogP contribution in [0.15, 0.2) is 0 Å². The largest absolute Gasteiger partial charge is 0.376 e. The maximum atomic E-state index is 5.57. The molecule has 14 heavy (non-hydrogen) atoms. The summed E-state index contributed by atoms with van der Waals surface area (Å²) in [7, 11) is 2.22. The number of likely N-dealkylation sites (tertiary alicyclic amines) is 1. The third-order valence-electron chi connectivity index (χ3n) is 3.48. The monoisotopic (exact) mass is 198 g/mol. The highest BCUT2D eigenvalue weighted by Crippen LogP contribution is 2.18. The molecule has 0 aromatic heterocycles. The Bertz CT molecular complexity index is 178. The summed E-state index contributed by atoms with van der Waals surface area (Å²) in [6, 6.07) is 0.817. The number of piperidine rings is 1. The van der Waals surface area contributed by atoms with Crippen LogP contribution in [0.5, 0.6) is 0 Å². The molecule has 0 spiro atoms. The SMILES string of the molecule is CC1CN(C2CCN(C)CC2)CCO1. The van der Waals surface area contributed by atoms with Crippen LogP contribution < -0.4 is 0 Å². The van der Waals surface area contributed by atoms with Crippen molar-refractivity contribution in [3.8, 4) is 0 Å². The third-order valence-corrected chi connectivity index (χ3v) is 3.48. The van der Waals surface area contributed by atoms with Gasteiger partial charge in [-0.15, -0.1) is 0 Å². The summed E-state index contributed by atoms with van der Waals surface area (Å²) in [6.07, 6.45) is 3.11. The van der Waals surface area contributed by atoms with Gasteiger partial charge in [-0.3, -0.25) is 4.90 Å². The van der Waals surface area contributed by atoms with E-state index in [0.717, 1.165) is 25.7 Å². The van der Waals surface area contributed by atoms with Crippen LogP contribution in [0.3, 0.4) is 0 Å². The van der Waals surface area contributed by atoms with Crippen LogP contribution in [0.1, 0.15) is 19.8 Å². The first-order valence-electron chi connectivity index (χ1n) is 5.80. The average molecular weight is 198 g/mol. The molecular weight excluding hydrogens is 176 g/mol. The standard InChI is InChI=1S/C11H22N2O/c1-10-9-13(7-8-14-10)11-3-5-12(2)6-4-11/h10-11H,3-9H2,1-2H3. The molecule has 0 saturated carbocycles. The molecule has 0 aliphatic carbocycles. The lowest BCUT2D eigenvalue weighted by molar-refractivity contribution is -0.0423. The van der Waals surface area contributed by atoms with E-state index in [0.29, 0.717) is 6.10 Å². The van der Waals surface area contributed by atoms with Gasteiger partial charge in [-0.1, -0.05) is 0 Å². The summed E-state index contributed by atoms with van der Waals surface area (Å²) in [6.45, 7) is 7.90. The minimum Gasteiger partial charge on any atom is -0.376 e. The van der Waals surface area contributed by atoms with Gasteiger partial charge in [-0.25, -0.2) is 0 Å². The van der Waals surface area contributed by atoms with Crippen molar-refractivity contribution in [1.82, 2.24) is 9.80 Å². The van der Waals surface area contributed by atoms with Gasteiger partial charge in [0.15, 0.2) is 0 Å². The minimum absolute atomic E-state index is 0.434. The fourth-order valence-corrected chi connectivity index (χ4v) is 2.54. The topological polar surface area (TPSA) is 15.7 Å². The minimum atomic E-state index is 0.434. The molecule has 2 fully saturated rings. The molecule has 1 atom stereocenters. The van der Waals surface area contributed by atoms with Crippen molar-refractivity contribution < 1.29 is 4.74 Å². The van der Waals surface area contributed by atoms with Crippen LogP contribution in [0.2, 0.25) is 0 Å². The molecule has 2 heterocycles. The second-order valence-electron chi connectivity index (χ2n) is 4.71. The lowest BCUT2D eigenvalue weighted by Crippen LogP contribution is -2.50. The zero-order chi connectivity index (χ0) is 9.97. The van der Waals surface area contributed by atoms with Gasteiger partial charge in [-0.05, 0) is 39.9 Å². The fourth-order valence-electron chi connectivity index (χ4n) is 2.54. The maximum absolute atomic E-state index is 5.57. The van der Waals surface area contributed by atoms with Gasteiger partial charge in [0.1, 0.15) is 0 Å². The lowest BCUT2D eigenvalue weighted by atomic mass is 10.0. The Kier molecular flexibility index (Phi) is 3.42. The van der Waals surface area contributed by atoms with E-state index in [1.165, 1.54) is 25.9 Å². The summed E-state index contributed by atoms with van der Waals surface area (Å²) in [5.41, 5.74) is 0. The molecule has 0 aromatic carbocycles. The first-order chi connectivity index (χ1) is 6.75. The Morgan fingerprint density at radius 3 is 2.50 bits per heavy atom. The van der Waals surface area contributed by atoms with E-state index in [1.807, 2.05) is 0 Å². The number of ether oxygens (including phenoxy) is 1. The zero-order valence-corrected chi connectivity index (χ0v) is 9.41. The van der Waals surface area contributed by atoms with Crippen molar-refractivity contribution in [2.24, 2.45) is 0 Å². The Morgan fingerprint density at radius 1 is 1.14 bits per heavy atom. The fraction of sp³-hybridized carbons (Fsp3) is 1.00. The number of morpholine rings is 1. The molecule has 1 unspecified atom stereocenters. The van der Waals surface area contributed by atoms with Crippen LogP contribution in [0.25, 0.3) is 0 Å². The molecule has 2 aliphatic heterocycles. The van der Waals surface area contributed by atoms with E-state index in [4.69, 9.17) is 4.74 Å². The van der Waals surface area contributed by atoms with Crippen molar-refractivity contribution in [2.45, 2.75) is 31.9 Å². The Balaban J connectivity index is 1.82. The molecule has 2 saturated heterocycles. The number of nitrogens with zero attached hydrogens (tertiary/aromatic N) is 2. The van der Waals surface area contributed by atoms with Gasteiger partial charge >= 0.3 is 0 Å². The van der Waals surface area contributed by atoms with Crippen LogP contribution in [-0.2, 0) is 4.74 Å². The first-order valence-corrected chi connectivity index (χ1v) is 5.80. The van der Waals surface area contributed by atoms with Crippen molar-refractivity contribution in [1.29, 1.82) is 0 Å². The first kappa shape index (κ1) is 10.4. The quantitative estimate of drug-likeness (QED) is 0.620. The summed E-state index contributed by atoms with van der Waals surface area (Å²) in [4.78, 5) is 5.06. The maximum Gasteiger partial charge on any atom is 0.0674 e. The average Bonchev–Trinajstić information content (AvgIpc) is 2.19. The van der Waals surface area contributed by atoms with Crippen molar-refractivity contribution >= 4 is 0 Å². The smallest absolute Gasteiger partial charge is 0.0674 e. The van der Waals surface area contributed by atoms with E-state index in [9.17, 15) is 0 Å². The Labute approximate surface area is 87.0 Å². The highest BCUT2D eigenvalue weighted by Gasteiger charge is 2.26. The van der Waals surface area contributed by atoms with E-state index in [-0.39, 0.29) is 0 Å². The lowest BCUT2D eigenvalue weighted by Gasteiger charge is -2.40. The summed E-state index contributed by atoms with van der Waals surface area (Å²) in [5.74, 6) is 0. The van der Waals surface area contributed by atoms with Crippen molar-refractivity contribution in [3.63, 3.8) is 0 Å². The second-order valence-corrected chi connectivity index (χ2v) is 4.71. The molecule has 2 aliphatic rings. The molecule has 0 amide bonds. The predicted octanol–water partition coefficient (Wildman–Crippen LogP) is 0.801. The number of rotatable bonds is 1. The molecular formula is C11H22N2O. The van der Waals surface area contributed by atoms with Gasteiger partial charge in [0.2, 0.25) is 0 Å². The molecule has 0 aromatic rings. The molecule has 3 nitrogen and oxygen atoms in total. The Morgan fingerprint density at radius 2 is 1.86 bits per heavy atom. The van der Waals surface area contributed by atoms with Crippen LogP contribution in [-0.4, -0.2) is 61.8 Å². The highest BCUT2D eigenvalue weighted by molar-refractivity contribution is 4.81. The van der Waals surface area contributed by atoms with Gasteiger partial charge < -0.3 is 9.64 Å². The second kappa shape index (κ2) is 4.60. The van der Waals surface area contributed by atoms with Gasteiger partial charge in [0.05, 0.1) is 12.7 Å². The van der Waals surface area contributed by atoms with E-state index in [2.05, 4.69) is 23.8 Å². The predicted molar refractivity (Wildman–Crippen MR) is 57.5 cm³/mol. The van der Waals surface area contributed by atoms with E-state index >= 15 is 0 Å². The van der Waals surface area contributed by atoms with Crippen LogP contribution in [0.4, 0.5) is 0 Å². The summed E-state index contributed by atoms with van der Waals surface area (Å²) in [5, 5.41) is 0. The molecule has 2 rings (SSSR count). The zero-order valence-electron chi connectivity index (χ0n) is 9.41.